The molecule has 0 amide bonds. The molecule has 3 aromatic rings. The number of aromatic nitrogens is 3. The van der Waals surface area contributed by atoms with Crippen LogP contribution in [0, 0.1) is 13.8 Å². The summed E-state index contributed by atoms with van der Waals surface area (Å²) in [7, 11) is 1.24. The van der Waals surface area contributed by atoms with Crippen molar-refractivity contribution in [2.24, 2.45) is 0 Å². The summed E-state index contributed by atoms with van der Waals surface area (Å²) >= 11 is 1.08. The van der Waals surface area contributed by atoms with Gasteiger partial charge in [0.1, 0.15) is 6.54 Å². The summed E-state index contributed by atoms with van der Waals surface area (Å²) in [5, 5.41) is -0.0205. The van der Waals surface area contributed by atoms with Crippen molar-refractivity contribution >= 4 is 40.2 Å². The Morgan fingerprint density at radius 2 is 1.90 bits per heavy atom. The van der Waals surface area contributed by atoms with E-state index in [1.807, 2.05) is 0 Å². The SMILES string of the molecule is COC(=O)Cn1c(SC(C)C(=O)c2[nH]c(C)c(C(C)=O)c2C)nc2ccccc2c1=O. The Hall–Kier alpha value is -3.20. The number of ketones is 2. The molecule has 0 aliphatic rings. The zero-order valence-corrected chi connectivity index (χ0v) is 18.8. The topological polar surface area (TPSA) is 111 Å². The largest absolute Gasteiger partial charge is 0.468 e. The number of carbonyl (C=O) groups is 3. The number of esters is 1. The van der Waals surface area contributed by atoms with Crippen LogP contribution < -0.4 is 5.56 Å². The number of hydrogen-bond donors (Lipinski definition) is 1. The minimum Gasteiger partial charge on any atom is -0.468 e. The van der Waals surface area contributed by atoms with Gasteiger partial charge in [0.2, 0.25) is 0 Å². The lowest BCUT2D eigenvalue weighted by Gasteiger charge is -2.15. The second kappa shape index (κ2) is 8.89. The van der Waals surface area contributed by atoms with Crippen LogP contribution >= 0.6 is 11.8 Å². The van der Waals surface area contributed by atoms with E-state index in [0.717, 1.165) is 11.8 Å². The molecule has 1 aromatic carbocycles. The van der Waals surface area contributed by atoms with Crippen molar-refractivity contribution in [3.05, 3.63) is 57.1 Å². The van der Waals surface area contributed by atoms with E-state index in [4.69, 9.17) is 4.74 Å². The van der Waals surface area contributed by atoms with Gasteiger partial charge in [-0.25, -0.2) is 4.98 Å². The maximum absolute atomic E-state index is 13.1. The molecule has 0 spiro atoms. The molecule has 1 unspecified atom stereocenters. The molecule has 3 rings (SSSR count). The summed E-state index contributed by atoms with van der Waals surface area (Å²) in [6.07, 6.45) is 0. The average molecular weight is 442 g/mol. The first kappa shape index (κ1) is 22.5. The van der Waals surface area contributed by atoms with Crippen LogP contribution in [0.15, 0.2) is 34.2 Å². The highest BCUT2D eigenvalue weighted by Crippen LogP contribution is 2.27. The fraction of sp³-hybridized carbons (Fsp3) is 0.318. The minimum absolute atomic E-state index is 0.117. The van der Waals surface area contributed by atoms with Crippen LogP contribution in [0.5, 0.6) is 0 Å². The number of thioether (sulfide) groups is 1. The van der Waals surface area contributed by atoms with Crippen molar-refractivity contribution < 1.29 is 19.1 Å². The number of Topliss-reactive ketones (excluding diaryl/α,β-unsaturated/α-hetero) is 2. The number of nitrogens with one attached hydrogen (secondary N) is 1. The van der Waals surface area contributed by atoms with Gasteiger partial charge < -0.3 is 9.72 Å². The molecule has 0 saturated heterocycles. The molecule has 2 aromatic heterocycles. The van der Waals surface area contributed by atoms with Gasteiger partial charge in [-0.05, 0) is 45.4 Å². The monoisotopic (exact) mass is 441 g/mol. The number of rotatable bonds is 7. The molecular formula is C22H23N3O5S. The third-order valence-corrected chi connectivity index (χ3v) is 6.12. The van der Waals surface area contributed by atoms with Crippen molar-refractivity contribution in [1.82, 2.24) is 14.5 Å². The minimum atomic E-state index is -0.631. The molecule has 0 saturated carbocycles. The molecule has 31 heavy (non-hydrogen) atoms. The van der Waals surface area contributed by atoms with Crippen LogP contribution in [-0.2, 0) is 16.1 Å². The lowest BCUT2D eigenvalue weighted by atomic mass is 10.0. The van der Waals surface area contributed by atoms with Crippen LogP contribution in [0.1, 0.15) is 46.0 Å². The lowest BCUT2D eigenvalue weighted by molar-refractivity contribution is -0.141. The lowest BCUT2D eigenvalue weighted by Crippen LogP contribution is -2.28. The van der Waals surface area contributed by atoms with Crippen LogP contribution in [0.25, 0.3) is 10.9 Å². The smallest absolute Gasteiger partial charge is 0.325 e. The highest BCUT2D eigenvalue weighted by atomic mass is 32.2. The fourth-order valence-electron chi connectivity index (χ4n) is 3.51. The third kappa shape index (κ3) is 4.32. The van der Waals surface area contributed by atoms with Gasteiger partial charge in [-0.2, -0.15) is 0 Å². The second-order valence-electron chi connectivity index (χ2n) is 7.18. The quantitative estimate of drug-likeness (QED) is 0.260. The number of carbonyl (C=O) groups excluding carboxylic acids is 3. The van der Waals surface area contributed by atoms with E-state index in [9.17, 15) is 19.2 Å². The molecule has 2 heterocycles. The average Bonchev–Trinajstić information content (AvgIpc) is 3.04. The predicted molar refractivity (Wildman–Crippen MR) is 118 cm³/mol. The van der Waals surface area contributed by atoms with E-state index in [0.29, 0.717) is 33.4 Å². The highest BCUT2D eigenvalue weighted by Gasteiger charge is 2.26. The molecule has 0 aliphatic carbocycles. The van der Waals surface area contributed by atoms with Crippen molar-refractivity contribution in [2.45, 2.75) is 44.6 Å². The maximum atomic E-state index is 13.1. The number of H-pyrrole nitrogens is 1. The number of aromatic amines is 1. The van der Waals surface area contributed by atoms with E-state index in [2.05, 4.69) is 9.97 Å². The molecular weight excluding hydrogens is 418 g/mol. The number of benzene rings is 1. The maximum Gasteiger partial charge on any atom is 0.325 e. The summed E-state index contributed by atoms with van der Waals surface area (Å²) in [5.74, 6) is -0.944. The predicted octanol–water partition coefficient (Wildman–Crippen LogP) is 3.08. The second-order valence-corrected chi connectivity index (χ2v) is 8.49. The van der Waals surface area contributed by atoms with Crippen molar-refractivity contribution in [2.75, 3.05) is 7.11 Å². The Bertz CT molecular complexity index is 1260. The first-order chi connectivity index (χ1) is 14.6. The number of nitrogens with zero attached hydrogens (tertiary/aromatic N) is 2. The molecule has 0 radical (unpaired) electrons. The van der Waals surface area contributed by atoms with Crippen LogP contribution in [0.2, 0.25) is 0 Å². The zero-order valence-electron chi connectivity index (χ0n) is 17.9. The molecule has 8 nitrogen and oxygen atoms in total. The van der Waals surface area contributed by atoms with Gasteiger partial charge in [0, 0.05) is 11.3 Å². The Balaban J connectivity index is 2.02. The van der Waals surface area contributed by atoms with Gasteiger partial charge in [0.25, 0.3) is 5.56 Å². The summed E-state index contributed by atoms with van der Waals surface area (Å²) in [6, 6.07) is 6.82. The van der Waals surface area contributed by atoms with Crippen LogP contribution in [0.4, 0.5) is 0 Å². The third-order valence-electron chi connectivity index (χ3n) is 5.03. The Labute approximate surface area is 183 Å². The van der Waals surface area contributed by atoms with Gasteiger partial charge in [-0.1, -0.05) is 23.9 Å². The summed E-state index contributed by atoms with van der Waals surface area (Å²) in [4.78, 5) is 57.4. The summed E-state index contributed by atoms with van der Waals surface area (Å²) in [5.41, 5.74) is 2.18. The standard InChI is InChI=1S/C22H23N3O5S/c1-11-18(13(3)26)12(2)23-19(11)20(28)14(4)31-22-24-16-9-7-6-8-15(16)21(29)25(22)10-17(27)30-5/h6-9,14,23H,10H2,1-5H3. The summed E-state index contributed by atoms with van der Waals surface area (Å²) in [6.45, 7) is 6.31. The fourth-order valence-corrected chi connectivity index (χ4v) is 4.48. The normalized spacial score (nSPS) is 12.0. The van der Waals surface area contributed by atoms with Crippen LogP contribution in [0.3, 0.4) is 0 Å². The molecule has 0 bridgehead atoms. The number of aryl methyl sites for hydroxylation is 1. The van der Waals surface area contributed by atoms with Gasteiger partial charge >= 0.3 is 5.97 Å². The van der Waals surface area contributed by atoms with Crippen molar-refractivity contribution in [3.8, 4) is 0 Å². The number of fused-ring (bicyclic) bond motifs is 1. The number of ether oxygens (including phenoxy) is 1. The highest BCUT2D eigenvalue weighted by molar-refractivity contribution is 8.00. The van der Waals surface area contributed by atoms with Crippen molar-refractivity contribution in [1.29, 1.82) is 0 Å². The van der Waals surface area contributed by atoms with Gasteiger partial charge in [-0.3, -0.25) is 23.7 Å². The van der Waals surface area contributed by atoms with E-state index in [1.54, 1.807) is 45.0 Å². The van der Waals surface area contributed by atoms with E-state index in [-0.39, 0.29) is 28.8 Å². The van der Waals surface area contributed by atoms with E-state index >= 15 is 0 Å². The molecule has 1 atom stereocenters. The van der Waals surface area contributed by atoms with Gasteiger partial charge in [0.05, 0.1) is 29.0 Å². The number of methoxy groups -OCH3 is 1. The molecule has 0 fully saturated rings. The first-order valence-electron chi connectivity index (χ1n) is 9.63. The summed E-state index contributed by atoms with van der Waals surface area (Å²) < 4.78 is 5.93. The van der Waals surface area contributed by atoms with Crippen LogP contribution in [-0.4, -0.2) is 44.4 Å². The first-order valence-corrected chi connectivity index (χ1v) is 10.5. The number of hydrogen-bond acceptors (Lipinski definition) is 7. The Morgan fingerprint density at radius 3 is 2.52 bits per heavy atom. The van der Waals surface area contributed by atoms with Crippen molar-refractivity contribution in [3.63, 3.8) is 0 Å². The van der Waals surface area contributed by atoms with E-state index < -0.39 is 11.2 Å². The molecule has 1 N–H and O–H groups in total. The van der Waals surface area contributed by atoms with Gasteiger partial charge in [0.15, 0.2) is 16.7 Å². The van der Waals surface area contributed by atoms with E-state index in [1.165, 1.54) is 18.6 Å². The number of para-hydroxylation sites is 1. The van der Waals surface area contributed by atoms with Gasteiger partial charge in [-0.15, -0.1) is 0 Å². The molecule has 0 aliphatic heterocycles. The molecule has 9 heteroatoms. The Kier molecular flexibility index (Phi) is 6.45. The zero-order chi connectivity index (χ0) is 22.9. The Morgan fingerprint density at radius 1 is 1.23 bits per heavy atom. The molecule has 162 valence electrons.